The van der Waals surface area contributed by atoms with Crippen molar-refractivity contribution in [1.29, 1.82) is 0 Å². The van der Waals surface area contributed by atoms with Gasteiger partial charge >= 0.3 is 6.18 Å². The number of thioether (sulfide) groups is 1. The fourth-order valence-corrected chi connectivity index (χ4v) is 4.24. The van der Waals surface area contributed by atoms with Gasteiger partial charge in [0.05, 0.1) is 12.0 Å². The van der Waals surface area contributed by atoms with Crippen molar-refractivity contribution in [3.05, 3.63) is 102 Å². The molecule has 0 aliphatic heterocycles. The predicted octanol–water partition coefficient (Wildman–Crippen LogP) is 7.99. The monoisotopic (exact) mass is 526 g/mol. The number of aromatic nitrogens is 1. The van der Waals surface area contributed by atoms with Gasteiger partial charge in [0, 0.05) is 34.0 Å². The molecule has 0 aliphatic rings. The largest absolute Gasteiger partial charge is 0.457 e. The van der Waals surface area contributed by atoms with E-state index in [9.17, 15) is 22.4 Å². The lowest BCUT2D eigenvalue weighted by atomic mass is 10.1. The van der Waals surface area contributed by atoms with Crippen LogP contribution in [0.2, 0.25) is 0 Å². The Morgan fingerprint density at radius 3 is 2.46 bits per heavy atom. The van der Waals surface area contributed by atoms with Gasteiger partial charge in [0.1, 0.15) is 11.5 Å². The molecule has 1 N–H and O–H groups in total. The van der Waals surface area contributed by atoms with Gasteiger partial charge in [0.25, 0.3) is 0 Å². The second-order valence-electron chi connectivity index (χ2n) is 8.01. The lowest BCUT2D eigenvalue weighted by Crippen LogP contribution is -2.14. The highest BCUT2D eigenvalue weighted by Gasteiger charge is 2.30. The van der Waals surface area contributed by atoms with Crippen LogP contribution < -0.4 is 10.1 Å². The van der Waals surface area contributed by atoms with Crippen LogP contribution in [0, 0.1) is 5.95 Å². The molecule has 0 atom stereocenters. The normalized spacial score (nSPS) is 11.3. The van der Waals surface area contributed by atoms with E-state index >= 15 is 0 Å². The molecular formula is C28H22F4N2O2S. The first-order chi connectivity index (χ1) is 17.7. The standard InChI is InChI=1S/C28H22F4N2O2S/c1-2-37-23-10-6-18(7-11-23)14-27(35)34-21-9-12-24(19-8-13-26(29)33-17-19)25(16-21)36-22-5-3-4-20(15-22)28(30,31)32/h3-13,15-17H,2,14H2,1H3,(H,34,35). The Morgan fingerprint density at radius 2 is 1.78 bits per heavy atom. The summed E-state index contributed by atoms with van der Waals surface area (Å²) in [5.74, 6) is 0.145. The summed E-state index contributed by atoms with van der Waals surface area (Å²) >= 11 is 1.71. The van der Waals surface area contributed by atoms with Crippen LogP contribution in [0.4, 0.5) is 23.2 Å². The second-order valence-corrected chi connectivity index (χ2v) is 9.35. The van der Waals surface area contributed by atoms with Crippen LogP contribution >= 0.6 is 11.8 Å². The zero-order valence-corrected chi connectivity index (χ0v) is 20.5. The quantitative estimate of drug-likeness (QED) is 0.144. The minimum atomic E-state index is -4.54. The first kappa shape index (κ1) is 26.2. The van der Waals surface area contributed by atoms with Gasteiger partial charge < -0.3 is 10.1 Å². The number of pyridine rings is 1. The fourth-order valence-electron chi connectivity index (χ4n) is 3.58. The molecule has 0 saturated carbocycles. The van der Waals surface area contributed by atoms with Gasteiger partial charge in [-0.3, -0.25) is 4.79 Å². The number of halogens is 4. The van der Waals surface area contributed by atoms with Crippen molar-refractivity contribution in [1.82, 2.24) is 4.98 Å². The van der Waals surface area contributed by atoms with E-state index in [1.165, 1.54) is 36.5 Å². The fraction of sp³-hybridized carbons (Fsp3) is 0.143. The van der Waals surface area contributed by atoms with E-state index in [2.05, 4.69) is 17.2 Å². The van der Waals surface area contributed by atoms with Crippen LogP contribution in [-0.2, 0) is 17.4 Å². The molecule has 0 unspecified atom stereocenters. The van der Waals surface area contributed by atoms with Crippen LogP contribution in [0.15, 0.2) is 90.0 Å². The van der Waals surface area contributed by atoms with Crippen molar-refractivity contribution in [2.24, 2.45) is 0 Å². The van der Waals surface area contributed by atoms with Gasteiger partial charge in [0.15, 0.2) is 0 Å². The van der Waals surface area contributed by atoms with Crippen molar-refractivity contribution in [2.45, 2.75) is 24.4 Å². The number of carbonyl (C=O) groups is 1. The van der Waals surface area contributed by atoms with Crippen molar-refractivity contribution in [3.8, 4) is 22.6 Å². The maximum absolute atomic E-state index is 13.4. The van der Waals surface area contributed by atoms with E-state index in [0.717, 1.165) is 28.3 Å². The highest BCUT2D eigenvalue weighted by Crippen LogP contribution is 2.37. The van der Waals surface area contributed by atoms with Gasteiger partial charge in [-0.25, -0.2) is 4.98 Å². The van der Waals surface area contributed by atoms with Crippen LogP contribution in [0.3, 0.4) is 0 Å². The Bertz CT molecular complexity index is 1370. The highest BCUT2D eigenvalue weighted by atomic mass is 32.2. The molecule has 4 aromatic rings. The SMILES string of the molecule is CCSc1ccc(CC(=O)Nc2ccc(-c3ccc(F)nc3)c(Oc3cccc(C(F)(F)F)c3)c2)cc1. The summed E-state index contributed by atoms with van der Waals surface area (Å²) < 4.78 is 58.8. The van der Waals surface area contributed by atoms with Crippen molar-refractivity contribution in [2.75, 3.05) is 11.1 Å². The Morgan fingerprint density at radius 1 is 1.00 bits per heavy atom. The third-order valence-electron chi connectivity index (χ3n) is 5.29. The number of hydrogen-bond donors (Lipinski definition) is 1. The van der Waals surface area contributed by atoms with E-state index < -0.39 is 17.7 Å². The molecule has 0 radical (unpaired) electrons. The molecule has 0 saturated heterocycles. The molecule has 0 aliphatic carbocycles. The molecule has 9 heteroatoms. The summed E-state index contributed by atoms with van der Waals surface area (Å²) in [4.78, 5) is 17.4. The van der Waals surface area contributed by atoms with Crippen LogP contribution in [-0.4, -0.2) is 16.6 Å². The molecule has 190 valence electrons. The van der Waals surface area contributed by atoms with Gasteiger partial charge in [-0.2, -0.15) is 17.6 Å². The maximum Gasteiger partial charge on any atom is 0.416 e. The van der Waals surface area contributed by atoms with E-state index in [1.54, 1.807) is 23.9 Å². The maximum atomic E-state index is 13.4. The van der Waals surface area contributed by atoms with E-state index in [4.69, 9.17) is 4.74 Å². The number of ether oxygens (including phenoxy) is 1. The average molecular weight is 527 g/mol. The topological polar surface area (TPSA) is 51.2 Å². The molecular weight excluding hydrogens is 504 g/mol. The number of hydrogen-bond acceptors (Lipinski definition) is 4. The number of carbonyl (C=O) groups excluding carboxylic acids is 1. The number of rotatable bonds is 8. The Hall–Kier alpha value is -3.85. The summed E-state index contributed by atoms with van der Waals surface area (Å²) in [6, 6.07) is 19.6. The molecule has 3 aromatic carbocycles. The summed E-state index contributed by atoms with van der Waals surface area (Å²) in [7, 11) is 0. The van der Waals surface area contributed by atoms with E-state index in [1.807, 2.05) is 24.3 Å². The first-order valence-corrected chi connectivity index (χ1v) is 12.3. The molecule has 4 rings (SSSR count). The van der Waals surface area contributed by atoms with Crippen LogP contribution in [0.1, 0.15) is 18.1 Å². The van der Waals surface area contributed by atoms with E-state index in [0.29, 0.717) is 16.8 Å². The third kappa shape index (κ3) is 7.10. The molecule has 0 bridgehead atoms. The summed E-state index contributed by atoms with van der Waals surface area (Å²) in [5.41, 5.74) is 1.33. The zero-order chi connectivity index (χ0) is 26.4. The number of anilines is 1. The molecule has 4 nitrogen and oxygen atoms in total. The third-order valence-corrected chi connectivity index (χ3v) is 6.19. The average Bonchev–Trinajstić information content (AvgIpc) is 2.86. The minimum Gasteiger partial charge on any atom is -0.457 e. The minimum absolute atomic E-state index is 0.0420. The van der Waals surface area contributed by atoms with Crippen LogP contribution in [0.25, 0.3) is 11.1 Å². The lowest BCUT2D eigenvalue weighted by molar-refractivity contribution is -0.137. The second kappa shape index (κ2) is 11.5. The Labute approximate surface area is 215 Å². The van der Waals surface area contributed by atoms with Gasteiger partial charge in [-0.1, -0.05) is 25.1 Å². The number of amides is 1. The molecule has 1 amide bonds. The number of alkyl halides is 3. The summed E-state index contributed by atoms with van der Waals surface area (Å²) in [5, 5.41) is 2.80. The first-order valence-electron chi connectivity index (χ1n) is 11.3. The van der Waals surface area contributed by atoms with Gasteiger partial charge in [-0.05, 0) is 65.9 Å². The summed E-state index contributed by atoms with van der Waals surface area (Å²) in [6.45, 7) is 2.06. The number of nitrogens with zero attached hydrogens (tertiary/aromatic N) is 1. The number of benzene rings is 3. The molecule has 1 heterocycles. The Kier molecular flexibility index (Phi) is 8.13. The smallest absolute Gasteiger partial charge is 0.416 e. The Balaban J connectivity index is 1.59. The van der Waals surface area contributed by atoms with Crippen molar-refractivity contribution < 1.29 is 27.1 Å². The number of nitrogens with one attached hydrogen (secondary N) is 1. The lowest BCUT2D eigenvalue weighted by Gasteiger charge is -2.15. The summed E-state index contributed by atoms with van der Waals surface area (Å²) in [6.07, 6.45) is -3.10. The highest BCUT2D eigenvalue weighted by molar-refractivity contribution is 7.99. The van der Waals surface area contributed by atoms with Crippen molar-refractivity contribution >= 4 is 23.4 Å². The van der Waals surface area contributed by atoms with E-state index in [-0.39, 0.29) is 23.8 Å². The molecule has 1 aromatic heterocycles. The molecule has 0 fully saturated rings. The zero-order valence-electron chi connectivity index (χ0n) is 19.7. The van der Waals surface area contributed by atoms with Gasteiger partial charge in [-0.15, -0.1) is 11.8 Å². The predicted molar refractivity (Wildman–Crippen MR) is 136 cm³/mol. The molecule has 37 heavy (non-hydrogen) atoms. The van der Waals surface area contributed by atoms with Crippen molar-refractivity contribution in [3.63, 3.8) is 0 Å². The molecule has 0 spiro atoms. The van der Waals surface area contributed by atoms with Crippen LogP contribution in [0.5, 0.6) is 11.5 Å². The van der Waals surface area contributed by atoms with Gasteiger partial charge in [0.2, 0.25) is 11.9 Å².